The minimum atomic E-state index is -0.0898. The molecule has 0 spiro atoms. The van der Waals surface area contributed by atoms with Crippen LogP contribution in [0.3, 0.4) is 0 Å². The number of aryl methyl sites for hydroxylation is 1. The summed E-state index contributed by atoms with van der Waals surface area (Å²) in [7, 11) is 1.83. The van der Waals surface area contributed by atoms with Gasteiger partial charge in [0.15, 0.2) is 17.8 Å². The molecule has 2 heterocycles. The molecule has 1 aliphatic heterocycles. The minimum Gasteiger partial charge on any atom is -0.443 e. The van der Waals surface area contributed by atoms with E-state index in [0.29, 0.717) is 11.5 Å². The topological polar surface area (TPSA) is 58.4 Å². The lowest BCUT2D eigenvalue weighted by molar-refractivity contribution is 0.0739. The van der Waals surface area contributed by atoms with Crippen LogP contribution in [-0.2, 0) is 0 Å². The van der Waals surface area contributed by atoms with Gasteiger partial charge >= 0.3 is 0 Å². The Morgan fingerprint density at radius 2 is 2.14 bits per heavy atom. The summed E-state index contributed by atoms with van der Waals surface area (Å²) in [5.41, 5.74) is 2.42. The van der Waals surface area contributed by atoms with Gasteiger partial charge in [0.25, 0.3) is 5.91 Å². The van der Waals surface area contributed by atoms with E-state index in [2.05, 4.69) is 10.3 Å². The van der Waals surface area contributed by atoms with E-state index in [1.807, 2.05) is 38.2 Å². The molecule has 1 saturated heterocycles. The fraction of sp³-hybridized carbons (Fsp3) is 0.375. The Labute approximate surface area is 124 Å². The van der Waals surface area contributed by atoms with Gasteiger partial charge in [-0.1, -0.05) is 29.8 Å². The molecule has 0 bridgehead atoms. The quantitative estimate of drug-likeness (QED) is 0.938. The zero-order valence-corrected chi connectivity index (χ0v) is 12.3. The number of amides is 1. The molecule has 1 amide bonds. The van der Waals surface area contributed by atoms with Crippen LogP contribution < -0.4 is 5.32 Å². The fourth-order valence-electron chi connectivity index (χ4n) is 2.61. The van der Waals surface area contributed by atoms with E-state index >= 15 is 0 Å². The minimum absolute atomic E-state index is 0.0898. The summed E-state index contributed by atoms with van der Waals surface area (Å²) in [6.45, 7) is 3.81. The highest BCUT2D eigenvalue weighted by Gasteiger charge is 2.28. The van der Waals surface area contributed by atoms with Crippen molar-refractivity contribution in [2.75, 3.05) is 20.1 Å². The Morgan fingerprint density at radius 3 is 2.81 bits per heavy atom. The van der Waals surface area contributed by atoms with Crippen LogP contribution in [0.2, 0.25) is 0 Å². The van der Waals surface area contributed by atoms with Gasteiger partial charge in [-0.15, -0.1) is 0 Å². The maximum absolute atomic E-state index is 12.6. The van der Waals surface area contributed by atoms with Gasteiger partial charge in [0.05, 0.1) is 0 Å². The monoisotopic (exact) mass is 285 g/mol. The second kappa shape index (κ2) is 5.69. The summed E-state index contributed by atoms with van der Waals surface area (Å²) in [6.07, 6.45) is 2.31. The van der Waals surface area contributed by atoms with Crippen molar-refractivity contribution in [3.63, 3.8) is 0 Å². The molecule has 1 aromatic heterocycles. The van der Waals surface area contributed by atoms with Gasteiger partial charge in [0.2, 0.25) is 0 Å². The van der Waals surface area contributed by atoms with E-state index in [1.54, 1.807) is 4.90 Å². The van der Waals surface area contributed by atoms with Gasteiger partial charge < -0.3 is 14.6 Å². The SMILES string of the molecule is Cc1ccc(-c2ocnc2C(=O)N(C)[C@H]2CCNC2)cc1. The largest absolute Gasteiger partial charge is 0.443 e. The first kappa shape index (κ1) is 13.8. The highest BCUT2D eigenvalue weighted by molar-refractivity contribution is 5.97. The van der Waals surface area contributed by atoms with E-state index in [9.17, 15) is 4.79 Å². The first-order valence-corrected chi connectivity index (χ1v) is 7.15. The highest BCUT2D eigenvalue weighted by Crippen LogP contribution is 2.25. The summed E-state index contributed by atoms with van der Waals surface area (Å²) in [4.78, 5) is 18.5. The molecular formula is C16H19N3O2. The van der Waals surface area contributed by atoms with Gasteiger partial charge in [-0.2, -0.15) is 0 Å². The Balaban J connectivity index is 1.87. The summed E-state index contributed by atoms with van der Waals surface area (Å²) >= 11 is 0. The second-order valence-electron chi connectivity index (χ2n) is 5.46. The third-order valence-electron chi connectivity index (χ3n) is 3.99. The lowest BCUT2D eigenvalue weighted by Crippen LogP contribution is -2.38. The first-order valence-electron chi connectivity index (χ1n) is 7.15. The first-order chi connectivity index (χ1) is 10.2. The smallest absolute Gasteiger partial charge is 0.276 e. The molecule has 2 aromatic rings. The number of nitrogens with zero attached hydrogens (tertiary/aromatic N) is 2. The van der Waals surface area contributed by atoms with Crippen LogP contribution in [0.1, 0.15) is 22.5 Å². The highest BCUT2D eigenvalue weighted by atomic mass is 16.3. The number of carbonyl (C=O) groups is 1. The lowest BCUT2D eigenvalue weighted by atomic mass is 10.1. The standard InChI is InChI=1S/C16H19N3O2/c1-11-3-5-12(6-4-11)15-14(18-10-21-15)16(20)19(2)13-7-8-17-9-13/h3-6,10,13,17H,7-9H2,1-2H3/t13-/m0/s1. The number of carbonyl (C=O) groups excluding carboxylic acids is 1. The molecule has 21 heavy (non-hydrogen) atoms. The van der Waals surface area contributed by atoms with Crippen molar-refractivity contribution in [3.8, 4) is 11.3 Å². The van der Waals surface area contributed by atoms with Gasteiger partial charge in [-0.3, -0.25) is 4.79 Å². The van der Waals surface area contributed by atoms with Crippen LogP contribution in [0.15, 0.2) is 35.1 Å². The number of benzene rings is 1. The Bertz CT molecular complexity index is 627. The van der Waals surface area contributed by atoms with Gasteiger partial charge in [-0.05, 0) is 19.9 Å². The predicted molar refractivity (Wildman–Crippen MR) is 80.0 cm³/mol. The summed E-state index contributed by atoms with van der Waals surface area (Å²) < 4.78 is 5.45. The molecule has 0 radical (unpaired) electrons. The van der Waals surface area contributed by atoms with Crippen molar-refractivity contribution in [1.29, 1.82) is 0 Å². The second-order valence-corrected chi connectivity index (χ2v) is 5.46. The number of nitrogens with one attached hydrogen (secondary N) is 1. The van der Waals surface area contributed by atoms with Crippen molar-refractivity contribution in [2.24, 2.45) is 0 Å². The Hall–Kier alpha value is -2.14. The Kier molecular flexibility index (Phi) is 3.75. The number of aromatic nitrogens is 1. The van der Waals surface area contributed by atoms with Crippen molar-refractivity contribution < 1.29 is 9.21 Å². The summed E-state index contributed by atoms with van der Waals surface area (Å²) in [5, 5.41) is 3.27. The van der Waals surface area contributed by atoms with Crippen LogP contribution in [0.5, 0.6) is 0 Å². The lowest BCUT2D eigenvalue weighted by Gasteiger charge is -2.23. The fourth-order valence-corrected chi connectivity index (χ4v) is 2.61. The maximum Gasteiger partial charge on any atom is 0.276 e. The molecule has 0 aliphatic carbocycles. The van der Waals surface area contributed by atoms with Gasteiger partial charge in [0, 0.05) is 25.2 Å². The molecule has 1 N–H and O–H groups in total. The Morgan fingerprint density at radius 1 is 1.38 bits per heavy atom. The molecule has 1 atom stereocenters. The molecular weight excluding hydrogens is 266 g/mol. The van der Waals surface area contributed by atoms with E-state index in [1.165, 1.54) is 12.0 Å². The van der Waals surface area contributed by atoms with Crippen molar-refractivity contribution in [2.45, 2.75) is 19.4 Å². The number of hydrogen-bond acceptors (Lipinski definition) is 4. The van der Waals surface area contributed by atoms with Gasteiger partial charge in [0.1, 0.15) is 0 Å². The van der Waals surface area contributed by atoms with E-state index in [-0.39, 0.29) is 11.9 Å². The van der Waals surface area contributed by atoms with Crippen LogP contribution in [0.4, 0.5) is 0 Å². The average Bonchev–Trinajstić information content (AvgIpc) is 3.17. The molecule has 110 valence electrons. The molecule has 1 aromatic carbocycles. The third kappa shape index (κ3) is 2.69. The number of oxazole rings is 1. The van der Waals surface area contributed by atoms with Crippen LogP contribution in [0, 0.1) is 6.92 Å². The zero-order chi connectivity index (χ0) is 14.8. The number of likely N-dealkylation sites (N-methyl/N-ethyl adjacent to an activating group) is 1. The molecule has 0 saturated carbocycles. The average molecular weight is 285 g/mol. The molecule has 1 fully saturated rings. The van der Waals surface area contributed by atoms with Crippen molar-refractivity contribution in [3.05, 3.63) is 41.9 Å². The van der Waals surface area contributed by atoms with Gasteiger partial charge in [-0.25, -0.2) is 4.98 Å². The molecule has 5 nitrogen and oxygen atoms in total. The van der Waals surface area contributed by atoms with E-state index in [4.69, 9.17) is 4.42 Å². The normalized spacial score (nSPS) is 17.9. The summed E-state index contributed by atoms with van der Waals surface area (Å²) in [6, 6.07) is 8.11. The van der Waals surface area contributed by atoms with Crippen LogP contribution in [0.25, 0.3) is 11.3 Å². The zero-order valence-electron chi connectivity index (χ0n) is 12.3. The van der Waals surface area contributed by atoms with Crippen LogP contribution in [-0.4, -0.2) is 42.0 Å². The molecule has 0 unspecified atom stereocenters. The van der Waals surface area contributed by atoms with Crippen molar-refractivity contribution >= 4 is 5.91 Å². The van der Waals surface area contributed by atoms with Crippen LogP contribution >= 0.6 is 0 Å². The molecule has 5 heteroatoms. The number of hydrogen-bond donors (Lipinski definition) is 1. The maximum atomic E-state index is 12.6. The van der Waals surface area contributed by atoms with E-state index in [0.717, 1.165) is 25.1 Å². The summed E-state index contributed by atoms with van der Waals surface area (Å²) in [5.74, 6) is 0.450. The third-order valence-corrected chi connectivity index (χ3v) is 3.99. The molecule has 3 rings (SSSR count). The van der Waals surface area contributed by atoms with Crippen molar-refractivity contribution in [1.82, 2.24) is 15.2 Å². The molecule has 1 aliphatic rings. The predicted octanol–water partition coefficient (Wildman–Crippen LogP) is 2.08. The number of rotatable bonds is 3. The van der Waals surface area contributed by atoms with E-state index < -0.39 is 0 Å².